The highest BCUT2D eigenvalue weighted by Gasteiger charge is 2.35. The van der Waals surface area contributed by atoms with Gasteiger partial charge in [-0.15, -0.1) is 0 Å². The first kappa shape index (κ1) is 16.7. The van der Waals surface area contributed by atoms with Crippen LogP contribution in [-0.2, 0) is 10.1 Å². The van der Waals surface area contributed by atoms with Crippen molar-refractivity contribution in [2.24, 2.45) is 0 Å². The molecule has 0 aromatic carbocycles. The molecule has 0 bridgehead atoms. The van der Waals surface area contributed by atoms with E-state index >= 15 is 0 Å². The Morgan fingerprint density at radius 1 is 0.941 bits per heavy atom. The van der Waals surface area contributed by atoms with Crippen LogP contribution in [0.25, 0.3) is 0 Å². The number of hydrogen-bond donors (Lipinski definition) is 5. The van der Waals surface area contributed by atoms with E-state index in [1.165, 1.54) is 4.90 Å². The average Bonchev–Trinajstić information content (AvgIpc) is 2.27. The first-order valence-electron chi connectivity index (χ1n) is 4.99. The van der Waals surface area contributed by atoms with Gasteiger partial charge in [0.2, 0.25) is 0 Å². The lowest BCUT2D eigenvalue weighted by atomic mass is 10.0. The average molecular weight is 273 g/mol. The SMILES string of the molecule is O=S(=O)(O)CCN(CCO)C(CO)(CO)CO. The first-order valence-corrected chi connectivity index (χ1v) is 6.60. The highest BCUT2D eigenvalue weighted by atomic mass is 32.2. The van der Waals surface area contributed by atoms with E-state index in [1.54, 1.807) is 0 Å². The highest BCUT2D eigenvalue weighted by molar-refractivity contribution is 7.85. The minimum absolute atomic E-state index is 0.0444. The second kappa shape index (κ2) is 7.21. The van der Waals surface area contributed by atoms with Gasteiger partial charge in [-0.2, -0.15) is 8.42 Å². The third kappa shape index (κ3) is 5.25. The molecule has 0 spiro atoms. The Morgan fingerprint density at radius 2 is 1.41 bits per heavy atom. The summed E-state index contributed by atoms with van der Waals surface area (Å²) in [6.45, 7) is -2.42. The van der Waals surface area contributed by atoms with Gasteiger partial charge >= 0.3 is 0 Å². The van der Waals surface area contributed by atoms with Crippen molar-refractivity contribution in [1.82, 2.24) is 4.90 Å². The molecule has 17 heavy (non-hydrogen) atoms. The molecule has 9 heteroatoms. The summed E-state index contributed by atoms with van der Waals surface area (Å²) in [5.74, 6) is -0.616. The van der Waals surface area contributed by atoms with Gasteiger partial charge in [0.1, 0.15) is 0 Å². The summed E-state index contributed by atoms with van der Waals surface area (Å²) < 4.78 is 29.8. The maximum absolute atomic E-state index is 10.6. The number of aliphatic hydroxyl groups excluding tert-OH is 4. The zero-order valence-corrected chi connectivity index (χ0v) is 10.2. The predicted molar refractivity (Wildman–Crippen MR) is 59.1 cm³/mol. The molecule has 0 heterocycles. The molecule has 0 aromatic rings. The van der Waals surface area contributed by atoms with Gasteiger partial charge in [0, 0.05) is 13.1 Å². The van der Waals surface area contributed by atoms with Crippen LogP contribution in [0.2, 0.25) is 0 Å². The van der Waals surface area contributed by atoms with Crippen molar-refractivity contribution in [2.45, 2.75) is 5.54 Å². The van der Waals surface area contributed by atoms with Crippen molar-refractivity contribution in [3.8, 4) is 0 Å². The van der Waals surface area contributed by atoms with E-state index < -0.39 is 41.2 Å². The van der Waals surface area contributed by atoms with Crippen LogP contribution in [0.5, 0.6) is 0 Å². The summed E-state index contributed by atoms with van der Waals surface area (Å²) in [6.07, 6.45) is 0. The fourth-order valence-electron chi connectivity index (χ4n) is 1.38. The van der Waals surface area contributed by atoms with Crippen molar-refractivity contribution < 1.29 is 33.4 Å². The van der Waals surface area contributed by atoms with Crippen LogP contribution in [0, 0.1) is 0 Å². The van der Waals surface area contributed by atoms with Gasteiger partial charge in [-0.25, -0.2) is 0 Å². The second-order valence-electron chi connectivity index (χ2n) is 3.70. The molecule has 0 aliphatic carbocycles. The second-order valence-corrected chi connectivity index (χ2v) is 5.27. The van der Waals surface area contributed by atoms with Gasteiger partial charge in [0.25, 0.3) is 10.1 Å². The van der Waals surface area contributed by atoms with Crippen LogP contribution in [0.3, 0.4) is 0 Å². The van der Waals surface area contributed by atoms with Crippen LogP contribution in [0.1, 0.15) is 0 Å². The van der Waals surface area contributed by atoms with Crippen molar-refractivity contribution in [2.75, 3.05) is 45.3 Å². The number of rotatable bonds is 9. The van der Waals surface area contributed by atoms with Crippen LogP contribution < -0.4 is 0 Å². The standard InChI is InChI=1S/C8H19NO7S/c10-3-1-9(2-4-17(14,15)16)8(5-11,6-12)7-13/h10-13H,1-7H2,(H,14,15,16). The van der Waals surface area contributed by atoms with E-state index in [4.69, 9.17) is 25.0 Å². The van der Waals surface area contributed by atoms with E-state index in [0.717, 1.165) is 0 Å². The van der Waals surface area contributed by atoms with E-state index in [-0.39, 0.29) is 19.7 Å². The molecule has 8 nitrogen and oxygen atoms in total. The van der Waals surface area contributed by atoms with Gasteiger partial charge in [0.15, 0.2) is 0 Å². The predicted octanol–water partition coefficient (Wildman–Crippen LogP) is -3.12. The molecule has 0 atom stereocenters. The third-order valence-electron chi connectivity index (χ3n) is 2.54. The van der Waals surface area contributed by atoms with Crippen molar-refractivity contribution >= 4 is 10.1 Å². The number of aliphatic hydroxyl groups is 4. The Kier molecular flexibility index (Phi) is 7.09. The van der Waals surface area contributed by atoms with Gasteiger partial charge in [-0.1, -0.05) is 0 Å². The van der Waals surface area contributed by atoms with Crippen LogP contribution in [-0.4, -0.2) is 89.1 Å². The van der Waals surface area contributed by atoms with E-state index in [9.17, 15) is 8.42 Å². The minimum atomic E-state index is -4.19. The normalized spacial score (nSPS) is 13.3. The lowest BCUT2D eigenvalue weighted by Crippen LogP contribution is -2.59. The summed E-state index contributed by atoms with van der Waals surface area (Å²) >= 11 is 0. The zero-order chi connectivity index (χ0) is 13.5. The molecule has 0 aromatic heterocycles. The van der Waals surface area contributed by atoms with Crippen molar-refractivity contribution in [1.29, 1.82) is 0 Å². The van der Waals surface area contributed by atoms with Gasteiger partial charge < -0.3 is 20.4 Å². The molecular weight excluding hydrogens is 254 g/mol. The Labute approximate surface area is 99.9 Å². The summed E-state index contributed by atoms with van der Waals surface area (Å²) in [5.41, 5.74) is -1.42. The van der Waals surface area contributed by atoms with E-state index in [0.29, 0.717) is 0 Å². The summed E-state index contributed by atoms with van der Waals surface area (Å²) in [5, 5.41) is 36.3. The quantitative estimate of drug-likeness (QED) is 0.278. The molecule has 0 aliphatic rings. The topological polar surface area (TPSA) is 139 Å². The smallest absolute Gasteiger partial charge is 0.266 e. The molecule has 104 valence electrons. The molecule has 0 fully saturated rings. The lowest BCUT2D eigenvalue weighted by Gasteiger charge is -2.39. The van der Waals surface area contributed by atoms with Gasteiger partial charge in [-0.05, 0) is 0 Å². The molecule has 0 amide bonds. The van der Waals surface area contributed by atoms with E-state index in [2.05, 4.69) is 0 Å². The molecule has 5 N–H and O–H groups in total. The largest absolute Gasteiger partial charge is 0.395 e. The molecule has 0 saturated heterocycles. The number of β-amino-alcohol motifs (C(OH)–C–C–N with tert-alkyl or cyclic N) is 1. The zero-order valence-electron chi connectivity index (χ0n) is 9.36. The summed E-state index contributed by atoms with van der Waals surface area (Å²) in [4.78, 5) is 1.22. The van der Waals surface area contributed by atoms with Gasteiger partial charge in [-0.3, -0.25) is 9.45 Å². The maximum atomic E-state index is 10.6. The fourth-order valence-corrected chi connectivity index (χ4v) is 1.83. The Hall–Kier alpha value is -0.290. The Morgan fingerprint density at radius 3 is 1.71 bits per heavy atom. The molecule has 0 radical (unpaired) electrons. The van der Waals surface area contributed by atoms with Crippen molar-refractivity contribution in [3.63, 3.8) is 0 Å². The monoisotopic (exact) mass is 273 g/mol. The molecule has 0 saturated carbocycles. The molecular formula is C8H19NO7S. The Balaban J connectivity index is 4.80. The van der Waals surface area contributed by atoms with Crippen LogP contribution in [0.15, 0.2) is 0 Å². The summed E-state index contributed by atoms with van der Waals surface area (Å²) in [6, 6.07) is 0. The molecule has 0 unspecified atom stereocenters. The first-order chi connectivity index (χ1) is 7.85. The minimum Gasteiger partial charge on any atom is -0.395 e. The van der Waals surface area contributed by atoms with Gasteiger partial charge in [0.05, 0.1) is 37.7 Å². The Bertz CT molecular complexity index is 293. The highest BCUT2D eigenvalue weighted by Crippen LogP contribution is 2.14. The number of nitrogens with zero attached hydrogens (tertiary/aromatic N) is 1. The van der Waals surface area contributed by atoms with Crippen LogP contribution >= 0.6 is 0 Å². The summed E-state index contributed by atoms with van der Waals surface area (Å²) in [7, 11) is -4.19. The fraction of sp³-hybridized carbons (Fsp3) is 1.00. The molecule has 0 rings (SSSR count). The van der Waals surface area contributed by atoms with Crippen LogP contribution in [0.4, 0.5) is 0 Å². The van der Waals surface area contributed by atoms with Crippen molar-refractivity contribution in [3.05, 3.63) is 0 Å². The maximum Gasteiger partial charge on any atom is 0.266 e. The van der Waals surface area contributed by atoms with E-state index in [1.807, 2.05) is 0 Å². The number of hydrogen-bond acceptors (Lipinski definition) is 7. The lowest BCUT2D eigenvalue weighted by molar-refractivity contribution is -0.0502. The third-order valence-corrected chi connectivity index (χ3v) is 3.24. The molecule has 0 aliphatic heterocycles.